The molecule has 1 aromatic carbocycles. The van der Waals surface area contributed by atoms with Gasteiger partial charge in [0, 0.05) is 23.4 Å². The number of hydrogen-bond acceptors (Lipinski definition) is 4. The van der Waals surface area contributed by atoms with Crippen LogP contribution < -0.4 is 11.4 Å². The van der Waals surface area contributed by atoms with Gasteiger partial charge in [0.25, 0.3) is 0 Å². The maximum atomic E-state index is 11.5. The van der Waals surface area contributed by atoms with E-state index in [-0.39, 0.29) is 24.6 Å². The molecule has 20 heavy (non-hydrogen) atoms. The second-order valence-electron chi connectivity index (χ2n) is 4.84. The Bertz CT molecular complexity index is 861. The molecule has 0 saturated carbocycles. The number of fused-ring (bicyclic) bond motifs is 2. The highest BCUT2D eigenvalue weighted by atomic mass is 35.5. The average molecular weight is 294 g/mol. The van der Waals surface area contributed by atoms with Gasteiger partial charge in [-0.2, -0.15) is 0 Å². The van der Waals surface area contributed by atoms with E-state index in [1.165, 1.54) is 6.07 Å². The van der Waals surface area contributed by atoms with Crippen LogP contribution in [0.15, 0.2) is 25.8 Å². The van der Waals surface area contributed by atoms with Gasteiger partial charge in [-0.15, -0.1) is 12.4 Å². The fraction of sp³-hybridized carbons (Fsp3) is 0.267. The van der Waals surface area contributed by atoms with Crippen molar-refractivity contribution in [2.75, 3.05) is 0 Å². The first-order chi connectivity index (χ1) is 9.02. The van der Waals surface area contributed by atoms with Crippen LogP contribution in [-0.4, -0.2) is 0 Å². The Morgan fingerprint density at radius 3 is 2.35 bits per heavy atom. The van der Waals surface area contributed by atoms with E-state index in [9.17, 15) is 4.79 Å². The molecule has 0 aliphatic rings. The molecule has 0 saturated heterocycles. The summed E-state index contributed by atoms with van der Waals surface area (Å²) in [6.45, 7) is 6.10. The van der Waals surface area contributed by atoms with Crippen LogP contribution in [0.5, 0.6) is 0 Å². The van der Waals surface area contributed by atoms with Gasteiger partial charge in [-0.25, -0.2) is 4.79 Å². The van der Waals surface area contributed by atoms with E-state index in [0.29, 0.717) is 5.58 Å². The van der Waals surface area contributed by atoms with Crippen LogP contribution in [-0.2, 0) is 6.54 Å². The third kappa shape index (κ3) is 1.92. The SMILES string of the molecule is Cc1oc2c(CN)c3oc(=O)cc(C)c3cc2c1C.Cl. The lowest BCUT2D eigenvalue weighted by molar-refractivity contribution is 0.548. The summed E-state index contributed by atoms with van der Waals surface area (Å²) in [7, 11) is 0. The summed E-state index contributed by atoms with van der Waals surface area (Å²) in [5.41, 5.74) is 9.45. The average Bonchev–Trinajstić information content (AvgIpc) is 2.63. The molecule has 0 bridgehead atoms. The Morgan fingerprint density at radius 1 is 1.05 bits per heavy atom. The molecule has 0 fully saturated rings. The van der Waals surface area contributed by atoms with Gasteiger partial charge in [0.15, 0.2) is 0 Å². The number of rotatable bonds is 1. The second kappa shape index (κ2) is 4.96. The molecule has 5 heteroatoms. The largest absolute Gasteiger partial charge is 0.461 e. The van der Waals surface area contributed by atoms with Crippen LogP contribution in [0, 0.1) is 20.8 Å². The van der Waals surface area contributed by atoms with Crippen LogP contribution in [0.4, 0.5) is 0 Å². The third-order valence-corrected chi connectivity index (χ3v) is 3.68. The monoisotopic (exact) mass is 293 g/mol. The van der Waals surface area contributed by atoms with E-state index < -0.39 is 0 Å². The summed E-state index contributed by atoms with van der Waals surface area (Å²) in [6.07, 6.45) is 0. The smallest absolute Gasteiger partial charge is 0.336 e. The van der Waals surface area contributed by atoms with E-state index in [2.05, 4.69) is 0 Å². The normalized spacial score (nSPS) is 11.0. The molecule has 0 aliphatic carbocycles. The summed E-state index contributed by atoms with van der Waals surface area (Å²) < 4.78 is 11.1. The maximum absolute atomic E-state index is 11.5. The lowest BCUT2D eigenvalue weighted by Gasteiger charge is -2.06. The standard InChI is InChI=1S/C15H15NO3.ClH/c1-7-4-13(17)19-14-10(7)5-11-8(2)9(3)18-15(11)12(14)6-16;/h4-5H,6,16H2,1-3H3;1H. The zero-order valence-corrected chi connectivity index (χ0v) is 12.4. The van der Waals surface area contributed by atoms with E-state index in [4.69, 9.17) is 14.6 Å². The molecule has 0 atom stereocenters. The summed E-state index contributed by atoms with van der Waals surface area (Å²) in [5.74, 6) is 0.861. The van der Waals surface area contributed by atoms with E-state index in [1.807, 2.05) is 26.8 Å². The zero-order valence-electron chi connectivity index (χ0n) is 11.6. The minimum atomic E-state index is -0.362. The van der Waals surface area contributed by atoms with Gasteiger partial charge in [0.1, 0.15) is 16.9 Å². The lowest BCUT2D eigenvalue weighted by atomic mass is 10.0. The molecule has 2 N–H and O–H groups in total. The van der Waals surface area contributed by atoms with Gasteiger partial charge in [-0.3, -0.25) is 0 Å². The van der Waals surface area contributed by atoms with Crippen molar-refractivity contribution in [1.29, 1.82) is 0 Å². The first kappa shape index (κ1) is 14.6. The van der Waals surface area contributed by atoms with E-state index in [1.54, 1.807) is 0 Å². The van der Waals surface area contributed by atoms with Crippen molar-refractivity contribution in [1.82, 2.24) is 0 Å². The maximum Gasteiger partial charge on any atom is 0.336 e. The van der Waals surface area contributed by atoms with Gasteiger partial charge < -0.3 is 14.6 Å². The number of benzene rings is 1. The number of nitrogens with two attached hydrogens (primary N) is 1. The molecule has 0 spiro atoms. The van der Waals surface area contributed by atoms with Gasteiger partial charge in [0.05, 0.1) is 5.56 Å². The molecule has 3 aromatic rings. The number of hydrogen-bond donors (Lipinski definition) is 1. The molecule has 2 aromatic heterocycles. The van der Waals surface area contributed by atoms with E-state index in [0.717, 1.165) is 38.8 Å². The Labute approximate surface area is 122 Å². The quantitative estimate of drug-likeness (QED) is 0.699. The van der Waals surface area contributed by atoms with Crippen molar-refractivity contribution >= 4 is 34.3 Å². The summed E-state index contributed by atoms with van der Waals surface area (Å²) in [6, 6.07) is 3.50. The minimum Gasteiger partial charge on any atom is -0.461 e. The van der Waals surface area contributed by atoms with Crippen molar-refractivity contribution in [3.8, 4) is 0 Å². The highest BCUT2D eigenvalue weighted by molar-refractivity contribution is 6.00. The van der Waals surface area contributed by atoms with Gasteiger partial charge >= 0.3 is 5.63 Å². The Morgan fingerprint density at radius 2 is 1.70 bits per heavy atom. The molecule has 0 unspecified atom stereocenters. The number of furan rings is 1. The van der Waals surface area contributed by atoms with Crippen LogP contribution in [0.3, 0.4) is 0 Å². The molecule has 4 nitrogen and oxygen atoms in total. The van der Waals surface area contributed by atoms with Crippen molar-refractivity contribution in [3.63, 3.8) is 0 Å². The van der Waals surface area contributed by atoms with Gasteiger partial charge in [0.2, 0.25) is 0 Å². The van der Waals surface area contributed by atoms with Crippen molar-refractivity contribution in [3.05, 3.63) is 45.0 Å². The molecular weight excluding hydrogens is 278 g/mol. The molecule has 2 heterocycles. The Balaban J connectivity index is 0.00000147. The summed E-state index contributed by atoms with van der Waals surface area (Å²) >= 11 is 0. The summed E-state index contributed by atoms with van der Waals surface area (Å²) in [5, 5.41) is 1.94. The number of halogens is 1. The Kier molecular flexibility index (Phi) is 3.63. The highest BCUT2D eigenvalue weighted by Crippen LogP contribution is 2.33. The summed E-state index contributed by atoms with van der Waals surface area (Å²) in [4.78, 5) is 11.5. The topological polar surface area (TPSA) is 69.4 Å². The minimum absolute atomic E-state index is 0. The molecular formula is C15H16ClNO3. The predicted molar refractivity (Wildman–Crippen MR) is 81.6 cm³/mol. The molecule has 0 amide bonds. The highest BCUT2D eigenvalue weighted by Gasteiger charge is 2.17. The van der Waals surface area contributed by atoms with E-state index >= 15 is 0 Å². The molecule has 0 aliphatic heterocycles. The number of aryl methyl sites for hydroxylation is 3. The fourth-order valence-electron chi connectivity index (χ4n) is 2.50. The van der Waals surface area contributed by atoms with Crippen molar-refractivity contribution in [2.45, 2.75) is 27.3 Å². The van der Waals surface area contributed by atoms with Crippen molar-refractivity contribution in [2.24, 2.45) is 5.73 Å². The van der Waals surface area contributed by atoms with Crippen molar-refractivity contribution < 1.29 is 8.83 Å². The molecule has 3 rings (SSSR count). The zero-order chi connectivity index (χ0) is 13.7. The second-order valence-corrected chi connectivity index (χ2v) is 4.84. The Hall–Kier alpha value is -1.78. The molecule has 106 valence electrons. The lowest BCUT2D eigenvalue weighted by Crippen LogP contribution is -2.03. The predicted octanol–water partition coefficient (Wildman–Crippen LogP) is 3.34. The van der Waals surface area contributed by atoms with Crippen LogP contribution in [0.1, 0.15) is 22.5 Å². The first-order valence-electron chi connectivity index (χ1n) is 6.19. The first-order valence-corrected chi connectivity index (χ1v) is 6.19. The fourth-order valence-corrected chi connectivity index (χ4v) is 2.50. The van der Waals surface area contributed by atoms with Crippen LogP contribution in [0.2, 0.25) is 0 Å². The van der Waals surface area contributed by atoms with Crippen LogP contribution >= 0.6 is 12.4 Å². The van der Waals surface area contributed by atoms with Gasteiger partial charge in [-0.1, -0.05) is 0 Å². The molecule has 0 radical (unpaired) electrons. The third-order valence-electron chi connectivity index (χ3n) is 3.68. The van der Waals surface area contributed by atoms with Crippen LogP contribution in [0.25, 0.3) is 21.9 Å². The van der Waals surface area contributed by atoms with Gasteiger partial charge in [-0.05, 0) is 38.0 Å².